The molecule has 0 radical (unpaired) electrons. The maximum Gasteiger partial charge on any atom is 0.225 e. The molecule has 0 aliphatic carbocycles. The van der Waals surface area contributed by atoms with E-state index in [0.29, 0.717) is 44.5 Å². The van der Waals surface area contributed by atoms with Gasteiger partial charge < -0.3 is 20.4 Å². The van der Waals surface area contributed by atoms with Gasteiger partial charge in [-0.1, -0.05) is 6.07 Å². The van der Waals surface area contributed by atoms with Crippen molar-refractivity contribution in [1.82, 2.24) is 25.5 Å². The summed E-state index contributed by atoms with van der Waals surface area (Å²) in [4.78, 5) is 29.6. The summed E-state index contributed by atoms with van der Waals surface area (Å²) in [7, 11) is 0. The number of hydrogen-bond donors (Lipinski definition) is 2. The van der Waals surface area contributed by atoms with Gasteiger partial charge in [0.15, 0.2) is 5.96 Å². The fraction of sp³-hybridized carbons (Fsp3) is 0.478. The molecular weight excluding hydrogens is 536 g/mol. The fourth-order valence-corrected chi connectivity index (χ4v) is 3.63. The van der Waals surface area contributed by atoms with Crippen LogP contribution in [-0.2, 0) is 11.2 Å². The maximum atomic E-state index is 13.3. The highest BCUT2D eigenvalue weighted by Crippen LogP contribution is 2.11. The van der Waals surface area contributed by atoms with Crippen LogP contribution in [0.15, 0.2) is 41.7 Å². The zero-order valence-electron chi connectivity index (χ0n) is 19.3. The highest BCUT2D eigenvalue weighted by Gasteiger charge is 2.22. The number of carbonyl (C=O) groups is 1. The molecule has 1 saturated heterocycles. The highest BCUT2D eigenvalue weighted by molar-refractivity contribution is 14.0. The molecule has 2 aromatic rings. The first-order valence-electron chi connectivity index (χ1n) is 11.1. The number of benzene rings is 1. The third-order valence-corrected chi connectivity index (χ3v) is 5.40. The van der Waals surface area contributed by atoms with Crippen molar-refractivity contribution in [2.75, 3.05) is 50.7 Å². The summed E-state index contributed by atoms with van der Waals surface area (Å²) < 4.78 is 13.3. The van der Waals surface area contributed by atoms with E-state index >= 15 is 0 Å². The van der Waals surface area contributed by atoms with Crippen LogP contribution < -0.4 is 15.5 Å². The molecule has 1 aliphatic heterocycles. The number of hydrogen-bond acceptors (Lipinski definition) is 5. The van der Waals surface area contributed by atoms with E-state index in [9.17, 15) is 9.18 Å². The Balaban J connectivity index is 0.00000385. The molecule has 1 fully saturated rings. The molecule has 1 aromatic heterocycles. The van der Waals surface area contributed by atoms with Gasteiger partial charge in [0.1, 0.15) is 5.82 Å². The minimum absolute atomic E-state index is 0. The van der Waals surface area contributed by atoms with E-state index in [1.54, 1.807) is 24.5 Å². The van der Waals surface area contributed by atoms with E-state index < -0.39 is 0 Å². The summed E-state index contributed by atoms with van der Waals surface area (Å²) >= 11 is 0. The molecule has 0 spiro atoms. The molecule has 2 N–H and O–H groups in total. The second-order valence-electron chi connectivity index (χ2n) is 7.67. The lowest BCUT2D eigenvalue weighted by Crippen LogP contribution is -2.49. The number of amides is 1. The average molecular weight is 569 g/mol. The van der Waals surface area contributed by atoms with Crippen LogP contribution in [0.2, 0.25) is 0 Å². The second kappa shape index (κ2) is 13.9. The lowest BCUT2D eigenvalue weighted by atomic mass is 10.1. The number of guanidine groups is 1. The molecule has 2 heterocycles. The maximum absolute atomic E-state index is 13.3. The fourth-order valence-electron chi connectivity index (χ4n) is 3.63. The molecule has 1 aromatic carbocycles. The van der Waals surface area contributed by atoms with Crippen molar-refractivity contribution in [3.63, 3.8) is 0 Å². The molecule has 1 aliphatic rings. The second-order valence-corrected chi connectivity index (χ2v) is 7.67. The van der Waals surface area contributed by atoms with Gasteiger partial charge in [-0.2, -0.15) is 0 Å². The van der Waals surface area contributed by atoms with Gasteiger partial charge in [0, 0.05) is 58.1 Å². The van der Waals surface area contributed by atoms with Gasteiger partial charge in [-0.3, -0.25) is 9.79 Å². The molecule has 0 atom stereocenters. The van der Waals surface area contributed by atoms with Crippen LogP contribution in [0.3, 0.4) is 0 Å². The van der Waals surface area contributed by atoms with Gasteiger partial charge in [0.25, 0.3) is 0 Å². The topological polar surface area (TPSA) is 85.8 Å². The third-order valence-electron chi connectivity index (χ3n) is 5.40. The molecule has 0 unspecified atom stereocenters. The molecule has 10 heteroatoms. The Morgan fingerprint density at radius 3 is 2.55 bits per heavy atom. The van der Waals surface area contributed by atoms with Crippen LogP contribution in [0.1, 0.15) is 24.5 Å². The van der Waals surface area contributed by atoms with Gasteiger partial charge in [0.05, 0.1) is 6.54 Å². The summed E-state index contributed by atoms with van der Waals surface area (Å²) in [5.41, 5.74) is 2.04. The Morgan fingerprint density at radius 2 is 1.88 bits per heavy atom. The first-order valence-corrected chi connectivity index (χ1v) is 11.1. The summed E-state index contributed by atoms with van der Waals surface area (Å²) in [6.07, 6.45) is 4.60. The summed E-state index contributed by atoms with van der Waals surface area (Å²) in [6, 6.07) is 6.65. The van der Waals surface area contributed by atoms with E-state index in [2.05, 4.69) is 30.5 Å². The predicted molar refractivity (Wildman–Crippen MR) is 140 cm³/mol. The van der Waals surface area contributed by atoms with Gasteiger partial charge in [-0.05, 0) is 49.6 Å². The highest BCUT2D eigenvalue weighted by atomic mass is 127. The Morgan fingerprint density at radius 1 is 1.15 bits per heavy atom. The minimum Gasteiger partial charge on any atom is -0.357 e. The molecule has 0 saturated carbocycles. The zero-order valence-corrected chi connectivity index (χ0v) is 21.6. The quantitative estimate of drug-likeness (QED) is 0.289. The number of nitrogens with one attached hydrogen (secondary N) is 2. The summed E-state index contributed by atoms with van der Waals surface area (Å²) in [6.45, 7) is 8.53. The molecule has 33 heavy (non-hydrogen) atoms. The first-order chi connectivity index (χ1) is 15.6. The van der Waals surface area contributed by atoms with Gasteiger partial charge >= 0.3 is 0 Å². The molecular formula is C23H33FIN7O. The van der Waals surface area contributed by atoms with E-state index in [0.717, 1.165) is 37.2 Å². The van der Waals surface area contributed by atoms with E-state index in [-0.39, 0.29) is 35.7 Å². The van der Waals surface area contributed by atoms with Crippen LogP contribution >= 0.6 is 24.0 Å². The molecule has 3 rings (SSSR count). The Bertz CT molecular complexity index is 905. The summed E-state index contributed by atoms with van der Waals surface area (Å²) in [5.74, 6) is 1.29. The smallest absolute Gasteiger partial charge is 0.225 e. The number of aliphatic imine (C=N–C) groups is 1. The van der Waals surface area contributed by atoms with Crippen LogP contribution in [-0.4, -0.2) is 72.5 Å². The van der Waals surface area contributed by atoms with Crippen molar-refractivity contribution in [1.29, 1.82) is 0 Å². The number of nitrogens with zero attached hydrogens (tertiary/aromatic N) is 5. The van der Waals surface area contributed by atoms with Gasteiger partial charge in [-0.25, -0.2) is 14.4 Å². The van der Waals surface area contributed by atoms with Crippen LogP contribution in [0.25, 0.3) is 0 Å². The Hall–Kier alpha value is -2.50. The SMILES string of the molecule is CCNC(=NCCC(=O)N1CCN(c2ncccn2)CC1)NCCc1ccc(F)cc1C.I. The van der Waals surface area contributed by atoms with E-state index in [1.807, 2.05) is 24.8 Å². The lowest BCUT2D eigenvalue weighted by Gasteiger charge is -2.34. The molecule has 8 nitrogen and oxygen atoms in total. The number of piperazine rings is 1. The minimum atomic E-state index is -0.214. The van der Waals surface area contributed by atoms with Crippen molar-refractivity contribution in [3.8, 4) is 0 Å². The predicted octanol–water partition coefficient (Wildman–Crippen LogP) is 2.38. The van der Waals surface area contributed by atoms with E-state index in [4.69, 9.17) is 0 Å². The zero-order chi connectivity index (χ0) is 22.8. The molecule has 0 bridgehead atoms. The van der Waals surface area contributed by atoms with Crippen molar-refractivity contribution in [2.24, 2.45) is 4.99 Å². The first kappa shape index (κ1) is 26.7. The number of aryl methyl sites for hydroxylation is 1. The lowest BCUT2D eigenvalue weighted by molar-refractivity contribution is -0.131. The van der Waals surface area contributed by atoms with Crippen molar-refractivity contribution in [2.45, 2.75) is 26.7 Å². The number of aromatic nitrogens is 2. The van der Waals surface area contributed by atoms with Crippen LogP contribution in [0, 0.1) is 12.7 Å². The monoisotopic (exact) mass is 569 g/mol. The van der Waals surface area contributed by atoms with Crippen molar-refractivity contribution >= 4 is 41.8 Å². The summed E-state index contributed by atoms with van der Waals surface area (Å²) in [5, 5.41) is 6.49. The Kier molecular flexibility index (Phi) is 11.3. The number of carbonyl (C=O) groups excluding carboxylic acids is 1. The van der Waals surface area contributed by atoms with E-state index in [1.165, 1.54) is 6.07 Å². The van der Waals surface area contributed by atoms with Gasteiger partial charge in [-0.15, -0.1) is 24.0 Å². The standard InChI is InChI=1S/C23H32FN7O.HI/c1-3-25-22(26-11-7-19-5-6-20(24)17-18(19)2)27-12-8-21(32)30-13-15-31(16-14-30)23-28-9-4-10-29-23;/h4-6,9-10,17H,3,7-8,11-16H2,1-2H3,(H2,25,26,27);1H. The van der Waals surface area contributed by atoms with Crippen LogP contribution in [0.5, 0.6) is 0 Å². The van der Waals surface area contributed by atoms with Gasteiger partial charge in [0.2, 0.25) is 11.9 Å². The largest absolute Gasteiger partial charge is 0.357 e. The Labute approximate surface area is 212 Å². The van der Waals surface area contributed by atoms with Crippen molar-refractivity contribution < 1.29 is 9.18 Å². The molecule has 180 valence electrons. The number of anilines is 1. The number of rotatable bonds is 8. The third kappa shape index (κ3) is 8.41. The normalized spacial score (nSPS) is 14.0. The van der Waals surface area contributed by atoms with Crippen LogP contribution in [0.4, 0.5) is 10.3 Å². The molecule has 1 amide bonds. The average Bonchev–Trinajstić information content (AvgIpc) is 2.81. The van der Waals surface area contributed by atoms with Crippen molar-refractivity contribution in [3.05, 3.63) is 53.6 Å². The number of halogens is 2.